The van der Waals surface area contributed by atoms with Gasteiger partial charge >= 0.3 is 0 Å². The van der Waals surface area contributed by atoms with Gasteiger partial charge in [-0.1, -0.05) is 54.0 Å². The van der Waals surface area contributed by atoms with Gasteiger partial charge in [-0.3, -0.25) is 0 Å². The third kappa shape index (κ3) is 4.08. The molecule has 0 atom stereocenters. The fourth-order valence-electron chi connectivity index (χ4n) is 2.25. The zero-order chi connectivity index (χ0) is 17.5. The van der Waals surface area contributed by atoms with E-state index in [4.69, 9.17) is 11.0 Å². The van der Waals surface area contributed by atoms with Gasteiger partial charge in [-0.2, -0.15) is 5.26 Å². The molecule has 0 amide bonds. The number of para-hydroxylation sites is 1. The van der Waals surface area contributed by atoms with Crippen LogP contribution in [-0.4, -0.2) is 0 Å². The summed E-state index contributed by atoms with van der Waals surface area (Å²) in [5, 5.41) is 8.97. The Morgan fingerprint density at radius 1 is 0.600 bits per heavy atom. The molecule has 0 fully saturated rings. The highest BCUT2D eigenvalue weighted by molar-refractivity contribution is 5.59. The lowest BCUT2D eigenvalue weighted by atomic mass is 10.1. The molecule has 0 saturated carbocycles. The second kappa shape index (κ2) is 7.56. The van der Waals surface area contributed by atoms with Crippen molar-refractivity contribution in [2.45, 2.75) is 0 Å². The van der Waals surface area contributed by atoms with Crippen molar-refractivity contribution in [3.8, 4) is 29.8 Å². The zero-order valence-corrected chi connectivity index (χ0v) is 13.5. The van der Waals surface area contributed by atoms with E-state index in [1.54, 1.807) is 12.1 Å². The van der Waals surface area contributed by atoms with Crippen LogP contribution in [-0.2, 0) is 0 Å². The van der Waals surface area contributed by atoms with Crippen molar-refractivity contribution >= 4 is 5.69 Å². The van der Waals surface area contributed by atoms with Crippen molar-refractivity contribution in [2.75, 3.05) is 5.73 Å². The number of nitriles is 1. The number of hydrogen-bond donors (Lipinski definition) is 1. The smallest absolute Gasteiger partial charge is 0.0992 e. The molecule has 3 rings (SSSR count). The molecule has 0 saturated heterocycles. The topological polar surface area (TPSA) is 49.8 Å². The van der Waals surface area contributed by atoms with Gasteiger partial charge in [-0.15, -0.1) is 0 Å². The third-order valence-corrected chi connectivity index (χ3v) is 3.55. The fourth-order valence-corrected chi connectivity index (χ4v) is 2.25. The largest absolute Gasteiger partial charge is 0.398 e. The van der Waals surface area contributed by atoms with Gasteiger partial charge in [0.1, 0.15) is 0 Å². The molecular weight excluding hydrogens is 304 g/mol. The lowest BCUT2D eigenvalue weighted by molar-refractivity contribution is 1.48. The number of rotatable bonds is 0. The molecular formula is C23H14N2. The molecule has 0 radical (unpaired) electrons. The third-order valence-electron chi connectivity index (χ3n) is 3.55. The van der Waals surface area contributed by atoms with E-state index in [0.29, 0.717) is 11.3 Å². The number of nitrogen functional groups attached to an aromatic ring is 1. The number of nitrogens with two attached hydrogens (primary N) is 1. The predicted octanol–water partition coefficient (Wildman–Crippen LogP) is 3.94. The maximum absolute atomic E-state index is 8.97. The SMILES string of the molecule is N#Cc1cccc(C#Cc2ccccc2C#Cc2ccccc2N)c1. The molecule has 2 heteroatoms. The van der Waals surface area contributed by atoms with Crippen LogP contribution in [0.2, 0.25) is 0 Å². The van der Waals surface area contributed by atoms with Crippen molar-refractivity contribution in [3.63, 3.8) is 0 Å². The molecule has 25 heavy (non-hydrogen) atoms. The highest BCUT2D eigenvalue weighted by Gasteiger charge is 1.97. The first kappa shape index (κ1) is 15.9. The van der Waals surface area contributed by atoms with Crippen molar-refractivity contribution < 1.29 is 0 Å². The van der Waals surface area contributed by atoms with Crippen LogP contribution in [0.15, 0.2) is 72.8 Å². The monoisotopic (exact) mass is 318 g/mol. The van der Waals surface area contributed by atoms with Crippen LogP contribution < -0.4 is 5.73 Å². The standard InChI is InChI=1S/C23H14N2/c24-17-19-7-5-6-18(16-19)12-13-20-8-1-2-9-21(20)14-15-22-10-3-4-11-23(22)25/h1-11,16H,25H2. The summed E-state index contributed by atoms with van der Waals surface area (Å²) in [4.78, 5) is 0. The van der Waals surface area contributed by atoms with Crippen LogP contribution in [0.3, 0.4) is 0 Å². The van der Waals surface area contributed by atoms with Crippen LogP contribution >= 0.6 is 0 Å². The van der Waals surface area contributed by atoms with E-state index in [1.165, 1.54) is 0 Å². The summed E-state index contributed by atoms with van der Waals surface area (Å²) in [6.07, 6.45) is 0. The van der Waals surface area contributed by atoms with E-state index in [1.807, 2.05) is 60.7 Å². The molecule has 0 heterocycles. The summed E-state index contributed by atoms with van der Waals surface area (Å²) in [6, 6.07) is 24.6. The molecule has 0 aromatic heterocycles. The van der Waals surface area contributed by atoms with Gasteiger partial charge in [0.25, 0.3) is 0 Å². The Kier molecular flexibility index (Phi) is 4.82. The zero-order valence-electron chi connectivity index (χ0n) is 13.5. The summed E-state index contributed by atoms with van der Waals surface area (Å²) in [5.74, 6) is 12.5. The maximum atomic E-state index is 8.97. The second-order valence-corrected chi connectivity index (χ2v) is 5.33. The normalized spacial score (nSPS) is 9.08. The number of nitrogens with zero attached hydrogens (tertiary/aromatic N) is 1. The Bertz CT molecular complexity index is 1080. The van der Waals surface area contributed by atoms with E-state index in [0.717, 1.165) is 22.3 Å². The van der Waals surface area contributed by atoms with Gasteiger partial charge in [0.15, 0.2) is 0 Å². The van der Waals surface area contributed by atoms with Gasteiger partial charge < -0.3 is 5.73 Å². The van der Waals surface area contributed by atoms with Crippen LogP contribution in [0.5, 0.6) is 0 Å². The molecule has 3 aromatic rings. The van der Waals surface area contributed by atoms with Gasteiger partial charge in [0.05, 0.1) is 11.6 Å². The van der Waals surface area contributed by atoms with Crippen LogP contribution in [0.25, 0.3) is 0 Å². The quantitative estimate of drug-likeness (QED) is 0.504. The Hall–Kier alpha value is -3.93. The predicted molar refractivity (Wildman–Crippen MR) is 100 cm³/mol. The van der Waals surface area contributed by atoms with Gasteiger partial charge in [0.2, 0.25) is 0 Å². The molecule has 0 bridgehead atoms. The van der Waals surface area contributed by atoms with E-state index < -0.39 is 0 Å². The van der Waals surface area contributed by atoms with E-state index in [9.17, 15) is 0 Å². The first-order chi connectivity index (χ1) is 12.3. The summed E-state index contributed by atoms with van der Waals surface area (Å²) in [5.41, 5.74) is 10.5. The molecule has 3 aromatic carbocycles. The maximum Gasteiger partial charge on any atom is 0.0992 e. The van der Waals surface area contributed by atoms with Crippen molar-refractivity contribution in [2.24, 2.45) is 0 Å². The number of benzene rings is 3. The molecule has 2 N–H and O–H groups in total. The van der Waals surface area contributed by atoms with Crippen LogP contribution in [0, 0.1) is 35.0 Å². The van der Waals surface area contributed by atoms with E-state index >= 15 is 0 Å². The van der Waals surface area contributed by atoms with Crippen molar-refractivity contribution in [1.82, 2.24) is 0 Å². The Balaban J connectivity index is 1.95. The van der Waals surface area contributed by atoms with Crippen molar-refractivity contribution in [3.05, 3.63) is 101 Å². The molecule has 0 spiro atoms. The van der Waals surface area contributed by atoms with Gasteiger partial charge in [0, 0.05) is 27.9 Å². The minimum Gasteiger partial charge on any atom is -0.398 e. The Labute approximate surface area is 147 Å². The molecule has 0 unspecified atom stereocenters. The molecule has 2 nitrogen and oxygen atoms in total. The lowest BCUT2D eigenvalue weighted by Gasteiger charge is -1.97. The summed E-state index contributed by atoms with van der Waals surface area (Å²) < 4.78 is 0. The number of anilines is 1. The molecule has 0 aliphatic heterocycles. The van der Waals surface area contributed by atoms with Crippen LogP contribution in [0.1, 0.15) is 27.8 Å². The lowest BCUT2D eigenvalue weighted by Crippen LogP contribution is -1.89. The summed E-state index contributed by atoms with van der Waals surface area (Å²) in [7, 11) is 0. The average Bonchev–Trinajstić information content (AvgIpc) is 2.66. The van der Waals surface area contributed by atoms with E-state index in [-0.39, 0.29) is 0 Å². The van der Waals surface area contributed by atoms with E-state index in [2.05, 4.69) is 29.8 Å². The molecule has 0 aliphatic rings. The summed E-state index contributed by atoms with van der Waals surface area (Å²) >= 11 is 0. The van der Waals surface area contributed by atoms with Gasteiger partial charge in [-0.25, -0.2) is 0 Å². The Morgan fingerprint density at radius 3 is 1.84 bits per heavy atom. The minimum absolute atomic E-state index is 0.597. The van der Waals surface area contributed by atoms with Gasteiger partial charge in [-0.05, 0) is 42.5 Å². The minimum atomic E-state index is 0.597. The number of hydrogen-bond acceptors (Lipinski definition) is 2. The van der Waals surface area contributed by atoms with Crippen LogP contribution in [0.4, 0.5) is 5.69 Å². The van der Waals surface area contributed by atoms with Crippen molar-refractivity contribution in [1.29, 1.82) is 5.26 Å². The molecule has 116 valence electrons. The average molecular weight is 318 g/mol. The first-order valence-corrected chi connectivity index (χ1v) is 7.74. The Morgan fingerprint density at radius 2 is 1.16 bits per heavy atom. The first-order valence-electron chi connectivity index (χ1n) is 7.74. The second-order valence-electron chi connectivity index (χ2n) is 5.33. The fraction of sp³-hybridized carbons (Fsp3) is 0. The highest BCUT2D eigenvalue weighted by atomic mass is 14.5. The molecule has 0 aliphatic carbocycles. The summed E-state index contributed by atoms with van der Waals surface area (Å²) in [6.45, 7) is 0. The highest BCUT2D eigenvalue weighted by Crippen LogP contribution is 2.11.